The van der Waals surface area contributed by atoms with Gasteiger partial charge in [-0.25, -0.2) is 9.97 Å². The summed E-state index contributed by atoms with van der Waals surface area (Å²) in [6.07, 6.45) is 3.83. The van der Waals surface area contributed by atoms with Crippen molar-refractivity contribution in [3.05, 3.63) is 47.4 Å². The summed E-state index contributed by atoms with van der Waals surface area (Å²) in [5.74, 6) is 0.553. The highest BCUT2D eigenvalue weighted by Gasteiger charge is 2.29. The van der Waals surface area contributed by atoms with Crippen molar-refractivity contribution in [2.24, 2.45) is 0 Å². The summed E-state index contributed by atoms with van der Waals surface area (Å²) in [6.45, 7) is 1.80. The number of nitrogens with one attached hydrogen (secondary N) is 1. The minimum Gasteiger partial charge on any atom is -0.347 e. The fourth-order valence-corrected chi connectivity index (χ4v) is 3.12. The third-order valence-corrected chi connectivity index (χ3v) is 4.84. The smallest absolute Gasteiger partial charge is 0.252 e. The molecule has 1 aliphatic carbocycles. The van der Waals surface area contributed by atoms with Gasteiger partial charge in [-0.2, -0.15) is 9.78 Å². The molecule has 3 aromatic heterocycles. The second-order valence-corrected chi connectivity index (χ2v) is 7.22. The first-order valence-electron chi connectivity index (χ1n) is 9.25. The average Bonchev–Trinajstić information content (AvgIpc) is 3.49. The summed E-state index contributed by atoms with van der Waals surface area (Å²) in [4.78, 5) is 35.4. The van der Waals surface area contributed by atoms with E-state index < -0.39 is 0 Å². The number of rotatable bonds is 5. The average molecular weight is 378 g/mol. The molecule has 0 spiro atoms. The van der Waals surface area contributed by atoms with Crippen LogP contribution in [-0.4, -0.2) is 57.1 Å². The molecule has 0 saturated heterocycles. The number of carbonyl (C=O) groups is 2. The first-order valence-corrected chi connectivity index (χ1v) is 9.25. The number of fused-ring (bicyclic) bond motifs is 1. The molecular weight excluding hydrogens is 356 g/mol. The van der Waals surface area contributed by atoms with Gasteiger partial charge in [0, 0.05) is 31.9 Å². The molecule has 3 heterocycles. The van der Waals surface area contributed by atoms with Gasteiger partial charge < -0.3 is 10.2 Å². The Balaban J connectivity index is 1.80. The molecule has 144 valence electrons. The van der Waals surface area contributed by atoms with Crippen LogP contribution in [0.2, 0.25) is 0 Å². The number of aryl methyl sites for hydroxylation is 1. The Morgan fingerprint density at radius 1 is 1.29 bits per heavy atom. The number of amides is 2. The lowest BCUT2D eigenvalue weighted by atomic mass is 10.1. The Bertz CT molecular complexity index is 1050. The van der Waals surface area contributed by atoms with Crippen LogP contribution in [0.25, 0.3) is 16.9 Å². The number of hydrogen-bond acceptors (Lipinski definition) is 5. The fraction of sp³-hybridized carbons (Fsp3) is 0.350. The van der Waals surface area contributed by atoms with E-state index in [1.807, 2.05) is 31.2 Å². The number of aromatic nitrogens is 4. The van der Waals surface area contributed by atoms with Crippen molar-refractivity contribution < 1.29 is 9.59 Å². The Hall–Kier alpha value is -3.29. The summed E-state index contributed by atoms with van der Waals surface area (Å²) in [6, 6.07) is 7.42. The molecule has 1 saturated carbocycles. The monoisotopic (exact) mass is 378 g/mol. The zero-order valence-corrected chi connectivity index (χ0v) is 16.1. The zero-order chi connectivity index (χ0) is 19.8. The normalized spacial score (nSPS) is 13.5. The van der Waals surface area contributed by atoms with Crippen LogP contribution in [0.15, 0.2) is 30.5 Å². The van der Waals surface area contributed by atoms with Crippen LogP contribution < -0.4 is 5.32 Å². The van der Waals surface area contributed by atoms with E-state index in [-0.39, 0.29) is 18.4 Å². The van der Waals surface area contributed by atoms with Crippen LogP contribution in [0.5, 0.6) is 0 Å². The minimum atomic E-state index is -0.298. The quantitative estimate of drug-likeness (QED) is 0.731. The molecule has 28 heavy (non-hydrogen) atoms. The molecule has 3 aromatic rings. The van der Waals surface area contributed by atoms with E-state index in [0.717, 1.165) is 18.5 Å². The fourth-order valence-electron chi connectivity index (χ4n) is 3.12. The first-order chi connectivity index (χ1) is 13.5. The standard InChI is InChI=1S/C20H22N6O2/c1-12-18-14(20(28)22-11-17(27)25(2)3)10-15(13-7-8-13)23-19(18)26(24-12)16-6-4-5-9-21-16/h4-6,9-10,13H,7-8,11H2,1-3H3,(H,22,28). The van der Waals surface area contributed by atoms with Gasteiger partial charge in [0.15, 0.2) is 11.5 Å². The Labute approximate surface area is 162 Å². The lowest BCUT2D eigenvalue weighted by Gasteiger charge is -2.12. The predicted octanol–water partition coefficient (Wildman–Crippen LogP) is 1.82. The Morgan fingerprint density at radius 2 is 2.07 bits per heavy atom. The number of nitrogens with zero attached hydrogens (tertiary/aromatic N) is 5. The lowest BCUT2D eigenvalue weighted by Crippen LogP contribution is -2.36. The van der Waals surface area contributed by atoms with E-state index in [1.54, 1.807) is 25.0 Å². The molecule has 1 fully saturated rings. The molecule has 1 aliphatic rings. The van der Waals surface area contributed by atoms with E-state index in [2.05, 4.69) is 15.4 Å². The van der Waals surface area contributed by atoms with Crippen molar-refractivity contribution in [2.45, 2.75) is 25.7 Å². The second-order valence-electron chi connectivity index (χ2n) is 7.22. The highest BCUT2D eigenvalue weighted by atomic mass is 16.2. The van der Waals surface area contributed by atoms with Crippen molar-refractivity contribution in [2.75, 3.05) is 20.6 Å². The molecule has 0 bridgehead atoms. The predicted molar refractivity (Wildman–Crippen MR) is 104 cm³/mol. The van der Waals surface area contributed by atoms with Crippen LogP contribution >= 0.6 is 0 Å². The third-order valence-electron chi connectivity index (χ3n) is 4.84. The summed E-state index contributed by atoms with van der Waals surface area (Å²) in [5, 5.41) is 7.99. The Kier molecular flexibility index (Phi) is 4.54. The van der Waals surface area contributed by atoms with Crippen molar-refractivity contribution in [1.82, 2.24) is 30.0 Å². The van der Waals surface area contributed by atoms with Gasteiger partial charge in [-0.3, -0.25) is 9.59 Å². The first kappa shape index (κ1) is 18.1. The largest absolute Gasteiger partial charge is 0.347 e. The van der Waals surface area contributed by atoms with Crippen molar-refractivity contribution in [3.8, 4) is 5.82 Å². The molecular formula is C20H22N6O2. The van der Waals surface area contributed by atoms with Crippen LogP contribution in [-0.2, 0) is 4.79 Å². The molecule has 2 amide bonds. The van der Waals surface area contributed by atoms with Gasteiger partial charge >= 0.3 is 0 Å². The van der Waals surface area contributed by atoms with E-state index in [9.17, 15) is 9.59 Å². The lowest BCUT2D eigenvalue weighted by molar-refractivity contribution is -0.127. The summed E-state index contributed by atoms with van der Waals surface area (Å²) < 4.78 is 1.68. The van der Waals surface area contributed by atoms with Gasteiger partial charge in [0.05, 0.1) is 23.2 Å². The molecule has 8 heteroatoms. The molecule has 8 nitrogen and oxygen atoms in total. The topological polar surface area (TPSA) is 93.0 Å². The second kappa shape index (κ2) is 7.03. The van der Waals surface area contributed by atoms with E-state index >= 15 is 0 Å². The molecule has 0 atom stereocenters. The molecule has 0 unspecified atom stereocenters. The van der Waals surface area contributed by atoms with Crippen LogP contribution in [0.4, 0.5) is 0 Å². The van der Waals surface area contributed by atoms with E-state index in [0.29, 0.717) is 34.0 Å². The molecule has 0 radical (unpaired) electrons. The van der Waals surface area contributed by atoms with E-state index in [1.165, 1.54) is 4.90 Å². The number of hydrogen-bond donors (Lipinski definition) is 1. The van der Waals surface area contributed by atoms with Crippen molar-refractivity contribution in [1.29, 1.82) is 0 Å². The number of likely N-dealkylation sites (N-methyl/N-ethyl adjacent to an activating group) is 1. The van der Waals surface area contributed by atoms with Crippen LogP contribution in [0, 0.1) is 6.92 Å². The number of carbonyl (C=O) groups excluding carboxylic acids is 2. The maximum atomic E-state index is 12.9. The molecule has 0 aromatic carbocycles. The number of pyridine rings is 2. The van der Waals surface area contributed by atoms with Crippen molar-refractivity contribution >= 4 is 22.8 Å². The minimum absolute atomic E-state index is 0.0537. The van der Waals surface area contributed by atoms with Crippen molar-refractivity contribution in [3.63, 3.8) is 0 Å². The zero-order valence-electron chi connectivity index (χ0n) is 16.1. The molecule has 1 N–H and O–H groups in total. The van der Waals surface area contributed by atoms with Gasteiger partial charge in [-0.1, -0.05) is 6.07 Å². The maximum Gasteiger partial charge on any atom is 0.252 e. The van der Waals surface area contributed by atoms with Gasteiger partial charge in [-0.15, -0.1) is 0 Å². The summed E-state index contributed by atoms with van der Waals surface area (Å²) >= 11 is 0. The highest BCUT2D eigenvalue weighted by molar-refractivity contribution is 6.07. The van der Waals surface area contributed by atoms with Gasteiger partial charge in [0.25, 0.3) is 5.91 Å². The third kappa shape index (κ3) is 3.33. The van der Waals surface area contributed by atoms with Gasteiger partial charge in [-0.05, 0) is 38.0 Å². The van der Waals surface area contributed by atoms with Gasteiger partial charge in [0.2, 0.25) is 5.91 Å². The summed E-state index contributed by atoms with van der Waals surface area (Å²) in [7, 11) is 3.32. The highest BCUT2D eigenvalue weighted by Crippen LogP contribution is 2.40. The SMILES string of the molecule is Cc1nn(-c2ccccn2)c2nc(C3CC3)cc(C(=O)NCC(=O)N(C)C)c12. The van der Waals surface area contributed by atoms with Gasteiger partial charge in [0.1, 0.15) is 0 Å². The maximum absolute atomic E-state index is 12.9. The molecule has 4 rings (SSSR count). The van der Waals surface area contributed by atoms with Crippen LogP contribution in [0.3, 0.4) is 0 Å². The molecule has 0 aliphatic heterocycles. The van der Waals surface area contributed by atoms with Crippen LogP contribution in [0.1, 0.15) is 40.5 Å². The van der Waals surface area contributed by atoms with E-state index in [4.69, 9.17) is 4.98 Å². The summed E-state index contributed by atoms with van der Waals surface area (Å²) in [5.41, 5.74) is 2.69. The Morgan fingerprint density at radius 3 is 2.71 bits per heavy atom.